The molecule has 0 saturated carbocycles. The number of hydrogen-bond donors (Lipinski definition) is 1. The molecule has 1 saturated heterocycles. The Bertz CT molecular complexity index is 214. The van der Waals surface area contributed by atoms with Crippen LogP contribution in [-0.4, -0.2) is 32.0 Å². The second kappa shape index (κ2) is 8.30. The minimum atomic E-state index is -0.190. The third-order valence-electron chi connectivity index (χ3n) is 2.50. The zero-order chi connectivity index (χ0) is 11.6. The van der Waals surface area contributed by atoms with Gasteiger partial charge in [0.2, 0.25) is 5.91 Å². The summed E-state index contributed by atoms with van der Waals surface area (Å²) in [5, 5.41) is 2.56. The Morgan fingerprint density at radius 1 is 1.44 bits per heavy atom. The third kappa shape index (κ3) is 7.43. The average molecular weight is 227 g/mol. The van der Waals surface area contributed by atoms with E-state index < -0.39 is 0 Å². The van der Waals surface area contributed by atoms with Gasteiger partial charge in [-0.15, -0.1) is 0 Å². The van der Waals surface area contributed by atoms with Crippen LogP contribution in [0.15, 0.2) is 12.7 Å². The van der Waals surface area contributed by atoms with Crippen LogP contribution in [0.3, 0.4) is 0 Å². The van der Waals surface area contributed by atoms with Gasteiger partial charge in [-0.05, 0) is 18.9 Å². The largest absolute Gasteiger partial charge is 0.373 e. The van der Waals surface area contributed by atoms with Gasteiger partial charge in [-0.25, -0.2) is 0 Å². The molecule has 1 aliphatic heterocycles. The van der Waals surface area contributed by atoms with E-state index in [-0.39, 0.29) is 12.6 Å². The van der Waals surface area contributed by atoms with E-state index in [1.807, 2.05) is 0 Å². The fraction of sp³-hybridized carbons (Fsp3) is 0.750. The van der Waals surface area contributed by atoms with Crippen LogP contribution in [0.4, 0.5) is 0 Å². The second-order valence-corrected chi connectivity index (χ2v) is 3.96. The van der Waals surface area contributed by atoms with Crippen molar-refractivity contribution in [2.45, 2.75) is 38.2 Å². The number of carbonyl (C=O) groups excluding carboxylic acids is 1. The highest BCUT2D eigenvalue weighted by Crippen LogP contribution is 2.17. The van der Waals surface area contributed by atoms with Crippen molar-refractivity contribution in [3.05, 3.63) is 12.7 Å². The molecule has 1 atom stereocenters. The number of carbonyl (C=O) groups is 1. The predicted molar refractivity (Wildman–Crippen MR) is 62.0 cm³/mol. The topological polar surface area (TPSA) is 50.9 Å². The van der Waals surface area contributed by atoms with Gasteiger partial charge >= 0.3 is 0 Å². The molecule has 1 amide bonds. The van der Waals surface area contributed by atoms with E-state index in [0.717, 1.165) is 13.0 Å². The molecule has 0 aromatic heterocycles. The molecular weight excluding hydrogens is 206 g/mol. The highest BCUT2D eigenvalue weighted by Gasteiger charge is 2.20. The second-order valence-electron chi connectivity index (χ2n) is 3.96. The van der Waals surface area contributed by atoms with E-state index in [4.69, 9.17) is 9.47 Å². The Morgan fingerprint density at radius 3 is 2.88 bits per heavy atom. The maximum absolute atomic E-state index is 10.7. The Balaban J connectivity index is 1.70. The standard InChI is InChI=1S/C12H21NO3/c1-2-12(14)13-10-15-8-6-4-3-5-7-11-9-16-11/h2,11H,1,3-10H2,(H,13,14). The van der Waals surface area contributed by atoms with Crippen molar-refractivity contribution in [2.24, 2.45) is 0 Å². The molecule has 1 aliphatic rings. The number of hydrogen-bond acceptors (Lipinski definition) is 3. The van der Waals surface area contributed by atoms with Gasteiger partial charge in [-0.3, -0.25) is 4.79 Å². The van der Waals surface area contributed by atoms with E-state index in [2.05, 4.69) is 11.9 Å². The van der Waals surface area contributed by atoms with Crippen molar-refractivity contribution in [2.75, 3.05) is 19.9 Å². The van der Waals surface area contributed by atoms with Crippen LogP contribution in [-0.2, 0) is 14.3 Å². The molecule has 1 unspecified atom stereocenters. The quantitative estimate of drug-likeness (QED) is 0.267. The van der Waals surface area contributed by atoms with Crippen LogP contribution in [0.1, 0.15) is 32.1 Å². The smallest absolute Gasteiger partial charge is 0.245 e. The molecule has 0 aromatic rings. The van der Waals surface area contributed by atoms with Gasteiger partial charge in [0.1, 0.15) is 6.73 Å². The highest BCUT2D eigenvalue weighted by molar-refractivity contribution is 5.86. The summed E-state index contributed by atoms with van der Waals surface area (Å²) in [6, 6.07) is 0. The number of unbranched alkanes of at least 4 members (excludes halogenated alkanes) is 3. The van der Waals surface area contributed by atoms with Crippen LogP contribution in [0, 0.1) is 0 Å². The molecule has 0 aliphatic carbocycles. The Kier molecular flexibility index (Phi) is 6.85. The summed E-state index contributed by atoms with van der Waals surface area (Å²) in [4.78, 5) is 10.7. The Labute approximate surface area is 97.0 Å². The molecule has 1 heterocycles. The fourth-order valence-electron chi connectivity index (χ4n) is 1.43. The SMILES string of the molecule is C=CC(=O)NCOCCCCCCC1CO1. The number of rotatable bonds is 10. The van der Waals surface area contributed by atoms with E-state index >= 15 is 0 Å². The fourth-order valence-corrected chi connectivity index (χ4v) is 1.43. The Hall–Kier alpha value is -0.870. The lowest BCUT2D eigenvalue weighted by Gasteiger charge is -2.04. The van der Waals surface area contributed by atoms with E-state index in [0.29, 0.717) is 12.7 Å². The van der Waals surface area contributed by atoms with Gasteiger partial charge in [0.05, 0.1) is 12.7 Å². The third-order valence-corrected chi connectivity index (χ3v) is 2.50. The van der Waals surface area contributed by atoms with Crippen LogP contribution < -0.4 is 5.32 Å². The monoisotopic (exact) mass is 227 g/mol. The summed E-state index contributed by atoms with van der Waals surface area (Å²) >= 11 is 0. The van der Waals surface area contributed by atoms with Crippen LogP contribution in [0.2, 0.25) is 0 Å². The van der Waals surface area contributed by atoms with Crippen molar-refractivity contribution >= 4 is 5.91 Å². The molecule has 1 fully saturated rings. The van der Waals surface area contributed by atoms with Crippen molar-refractivity contribution in [1.82, 2.24) is 5.32 Å². The molecular formula is C12H21NO3. The number of amides is 1. The lowest BCUT2D eigenvalue weighted by atomic mass is 10.1. The van der Waals surface area contributed by atoms with Crippen LogP contribution >= 0.6 is 0 Å². The average Bonchev–Trinajstić information content (AvgIpc) is 3.10. The molecule has 1 N–H and O–H groups in total. The van der Waals surface area contributed by atoms with Crippen LogP contribution in [0.5, 0.6) is 0 Å². The first-order valence-electron chi connectivity index (χ1n) is 5.92. The van der Waals surface area contributed by atoms with E-state index in [1.165, 1.54) is 31.8 Å². The van der Waals surface area contributed by atoms with Gasteiger partial charge in [0.15, 0.2) is 0 Å². The molecule has 16 heavy (non-hydrogen) atoms. The van der Waals surface area contributed by atoms with Gasteiger partial charge in [-0.2, -0.15) is 0 Å². The van der Waals surface area contributed by atoms with Crippen molar-refractivity contribution < 1.29 is 14.3 Å². The summed E-state index contributed by atoms with van der Waals surface area (Å²) in [6.07, 6.45) is 7.72. The summed E-state index contributed by atoms with van der Waals surface area (Å²) < 4.78 is 10.4. The van der Waals surface area contributed by atoms with Gasteiger partial charge in [-0.1, -0.05) is 25.8 Å². The molecule has 4 heteroatoms. The molecule has 0 radical (unpaired) electrons. The Morgan fingerprint density at radius 2 is 2.19 bits per heavy atom. The van der Waals surface area contributed by atoms with Crippen LogP contribution in [0.25, 0.3) is 0 Å². The lowest BCUT2D eigenvalue weighted by Crippen LogP contribution is -2.24. The summed E-state index contributed by atoms with van der Waals surface area (Å²) in [5.41, 5.74) is 0. The predicted octanol–water partition coefficient (Wildman–Crippen LogP) is 1.61. The maximum atomic E-state index is 10.7. The van der Waals surface area contributed by atoms with Crippen molar-refractivity contribution in [1.29, 1.82) is 0 Å². The molecule has 0 spiro atoms. The molecule has 1 rings (SSSR count). The maximum Gasteiger partial charge on any atom is 0.245 e. The number of epoxide rings is 1. The zero-order valence-corrected chi connectivity index (χ0v) is 9.74. The van der Waals surface area contributed by atoms with Gasteiger partial charge in [0.25, 0.3) is 0 Å². The zero-order valence-electron chi connectivity index (χ0n) is 9.74. The summed E-state index contributed by atoms with van der Waals surface area (Å²) in [7, 11) is 0. The highest BCUT2D eigenvalue weighted by atomic mass is 16.6. The molecule has 0 aromatic carbocycles. The first kappa shape index (κ1) is 13.2. The first-order chi connectivity index (χ1) is 7.83. The first-order valence-corrected chi connectivity index (χ1v) is 5.92. The molecule has 92 valence electrons. The number of nitrogens with one attached hydrogen (secondary N) is 1. The minimum Gasteiger partial charge on any atom is -0.373 e. The summed E-state index contributed by atoms with van der Waals surface area (Å²) in [6.45, 7) is 5.30. The minimum absolute atomic E-state index is 0.190. The number of ether oxygens (including phenoxy) is 2. The van der Waals surface area contributed by atoms with Gasteiger partial charge < -0.3 is 14.8 Å². The normalized spacial score (nSPS) is 18.1. The van der Waals surface area contributed by atoms with E-state index in [9.17, 15) is 4.79 Å². The van der Waals surface area contributed by atoms with Crippen molar-refractivity contribution in [3.8, 4) is 0 Å². The summed E-state index contributed by atoms with van der Waals surface area (Å²) in [5.74, 6) is -0.190. The lowest BCUT2D eigenvalue weighted by molar-refractivity contribution is -0.118. The van der Waals surface area contributed by atoms with Gasteiger partial charge in [0, 0.05) is 6.61 Å². The molecule has 0 bridgehead atoms. The van der Waals surface area contributed by atoms with Crippen molar-refractivity contribution in [3.63, 3.8) is 0 Å². The molecule has 4 nitrogen and oxygen atoms in total. The van der Waals surface area contributed by atoms with E-state index in [1.54, 1.807) is 0 Å².